The van der Waals surface area contributed by atoms with Crippen LogP contribution in [0.2, 0.25) is 0 Å². The Kier molecular flexibility index (Phi) is 5.91. The van der Waals surface area contributed by atoms with E-state index in [1.165, 1.54) is 0 Å². The Morgan fingerprint density at radius 1 is 1.41 bits per heavy atom. The van der Waals surface area contributed by atoms with Crippen LogP contribution in [0.1, 0.15) is 6.92 Å². The number of carbonyl (C=O) groups is 2. The van der Waals surface area contributed by atoms with Crippen LogP contribution in [0.25, 0.3) is 0 Å². The van der Waals surface area contributed by atoms with Gasteiger partial charge in [-0.3, -0.25) is 25.3 Å². The van der Waals surface area contributed by atoms with Gasteiger partial charge in [-0.1, -0.05) is 0 Å². The van der Waals surface area contributed by atoms with Crippen molar-refractivity contribution < 1.29 is 14.4 Å². The van der Waals surface area contributed by atoms with Gasteiger partial charge < -0.3 is 0 Å². The quantitative estimate of drug-likeness (QED) is 0.408. The summed E-state index contributed by atoms with van der Waals surface area (Å²) in [6, 6.07) is 7.00. The van der Waals surface area contributed by atoms with Crippen LogP contribution in [0, 0.1) is 0 Å². The van der Waals surface area contributed by atoms with E-state index in [-0.39, 0.29) is 5.24 Å². The lowest BCUT2D eigenvalue weighted by atomic mass is 10.3. The highest BCUT2D eigenvalue weighted by molar-refractivity contribution is 8.13. The highest BCUT2D eigenvalue weighted by Crippen LogP contribution is 2.20. The molecule has 0 atom stereocenters. The summed E-state index contributed by atoms with van der Waals surface area (Å²) in [5.74, 6) is 0. The van der Waals surface area contributed by atoms with Gasteiger partial charge in [0.15, 0.2) is 0 Å². The SMILES string of the molecule is CCONC(=O)Sc1ccc(NNC=O)cc1. The van der Waals surface area contributed by atoms with Gasteiger partial charge in [0.2, 0.25) is 6.41 Å². The maximum atomic E-state index is 11.3. The third kappa shape index (κ3) is 5.23. The summed E-state index contributed by atoms with van der Waals surface area (Å²) >= 11 is 1.02. The fraction of sp³-hybridized carbons (Fsp3) is 0.200. The summed E-state index contributed by atoms with van der Waals surface area (Å²) in [7, 11) is 0. The first-order chi connectivity index (χ1) is 8.26. The minimum Gasteiger partial charge on any atom is -0.299 e. The van der Waals surface area contributed by atoms with Crippen LogP contribution in [0.15, 0.2) is 29.2 Å². The molecule has 0 unspecified atom stereocenters. The van der Waals surface area contributed by atoms with Crippen molar-refractivity contribution >= 4 is 29.1 Å². The van der Waals surface area contributed by atoms with E-state index >= 15 is 0 Å². The molecule has 0 spiro atoms. The van der Waals surface area contributed by atoms with Gasteiger partial charge in [-0.05, 0) is 43.0 Å². The van der Waals surface area contributed by atoms with Crippen LogP contribution >= 0.6 is 11.8 Å². The van der Waals surface area contributed by atoms with Gasteiger partial charge >= 0.3 is 5.24 Å². The molecule has 0 aliphatic heterocycles. The Balaban J connectivity index is 2.44. The predicted octanol–water partition coefficient (Wildman–Crippen LogP) is 1.51. The molecule has 0 radical (unpaired) electrons. The fourth-order valence-corrected chi connectivity index (χ4v) is 1.56. The third-order valence-corrected chi connectivity index (χ3v) is 2.42. The molecule has 17 heavy (non-hydrogen) atoms. The number of nitrogens with one attached hydrogen (secondary N) is 3. The van der Waals surface area contributed by atoms with E-state index in [1.807, 2.05) is 0 Å². The fourth-order valence-electron chi connectivity index (χ4n) is 0.978. The zero-order chi connectivity index (χ0) is 12.5. The molecule has 0 saturated heterocycles. The molecule has 7 heteroatoms. The van der Waals surface area contributed by atoms with E-state index < -0.39 is 0 Å². The molecule has 0 heterocycles. The summed E-state index contributed by atoms with van der Waals surface area (Å²) in [6.45, 7) is 2.21. The normalized spacial score (nSPS) is 9.47. The zero-order valence-corrected chi connectivity index (χ0v) is 10.0. The number of thioether (sulfide) groups is 1. The second kappa shape index (κ2) is 7.53. The number of benzene rings is 1. The topological polar surface area (TPSA) is 79.5 Å². The van der Waals surface area contributed by atoms with Gasteiger partial charge in [0.05, 0.1) is 12.3 Å². The molecular weight excluding hydrogens is 242 g/mol. The maximum Gasteiger partial charge on any atom is 0.307 e. The molecule has 0 bridgehead atoms. The Labute approximate surface area is 103 Å². The van der Waals surface area contributed by atoms with Crippen molar-refractivity contribution in [2.45, 2.75) is 11.8 Å². The van der Waals surface area contributed by atoms with E-state index in [4.69, 9.17) is 4.84 Å². The standard InChI is InChI=1S/C10H13N3O3S/c1-2-16-13-10(15)17-9-5-3-8(4-6-9)12-11-7-14/h3-7,12H,2H2,1H3,(H,11,14)(H,13,15). The maximum absolute atomic E-state index is 11.3. The van der Waals surface area contributed by atoms with Gasteiger partial charge in [0.1, 0.15) is 0 Å². The average molecular weight is 255 g/mol. The van der Waals surface area contributed by atoms with Crippen LogP contribution in [-0.4, -0.2) is 18.3 Å². The Hall–Kier alpha value is -1.73. The summed E-state index contributed by atoms with van der Waals surface area (Å²) in [6.07, 6.45) is 0.540. The minimum atomic E-state index is -0.279. The number of amides is 2. The number of hydrazine groups is 1. The highest BCUT2D eigenvalue weighted by atomic mass is 32.2. The minimum absolute atomic E-state index is 0.279. The highest BCUT2D eigenvalue weighted by Gasteiger charge is 2.03. The number of hydrogen-bond donors (Lipinski definition) is 3. The van der Waals surface area contributed by atoms with Gasteiger partial charge in [-0.2, -0.15) is 0 Å². The number of hydrogen-bond acceptors (Lipinski definition) is 5. The van der Waals surface area contributed by atoms with Crippen molar-refractivity contribution in [3.63, 3.8) is 0 Å². The van der Waals surface area contributed by atoms with E-state index in [2.05, 4.69) is 16.3 Å². The molecule has 1 aromatic carbocycles. The van der Waals surface area contributed by atoms with E-state index in [9.17, 15) is 9.59 Å². The van der Waals surface area contributed by atoms with Gasteiger partial charge in [-0.25, -0.2) is 5.48 Å². The summed E-state index contributed by atoms with van der Waals surface area (Å²) < 4.78 is 0. The molecular formula is C10H13N3O3S. The molecule has 0 saturated carbocycles. The summed E-state index contributed by atoms with van der Waals surface area (Å²) in [4.78, 5) is 26.9. The lowest BCUT2D eigenvalue weighted by Gasteiger charge is -2.05. The largest absolute Gasteiger partial charge is 0.307 e. The Morgan fingerprint density at radius 2 is 2.12 bits per heavy atom. The molecule has 0 fully saturated rings. The van der Waals surface area contributed by atoms with Crippen molar-refractivity contribution in [3.8, 4) is 0 Å². The third-order valence-electron chi connectivity index (χ3n) is 1.64. The summed E-state index contributed by atoms with van der Waals surface area (Å²) in [5.41, 5.74) is 7.98. The number of anilines is 1. The lowest BCUT2D eigenvalue weighted by molar-refractivity contribution is -0.109. The van der Waals surface area contributed by atoms with Crippen molar-refractivity contribution in [1.82, 2.24) is 10.9 Å². The molecule has 1 aromatic rings. The van der Waals surface area contributed by atoms with Gasteiger partial charge in [0, 0.05) is 4.90 Å². The second-order valence-corrected chi connectivity index (χ2v) is 3.88. The number of rotatable bonds is 6. The second-order valence-electron chi connectivity index (χ2n) is 2.84. The molecule has 1 rings (SSSR count). The number of carbonyl (C=O) groups excluding carboxylic acids is 2. The van der Waals surface area contributed by atoms with Crippen LogP contribution in [0.3, 0.4) is 0 Å². The molecule has 6 nitrogen and oxygen atoms in total. The average Bonchev–Trinajstić information content (AvgIpc) is 2.35. The van der Waals surface area contributed by atoms with Gasteiger partial charge in [-0.15, -0.1) is 0 Å². The molecule has 92 valence electrons. The van der Waals surface area contributed by atoms with Crippen LogP contribution in [0.5, 0.6) is 0 Å². The first kappa shape index (κ1) is 13.3. The Morgan fingerprint density at radius 3 is 2.71 bits per heavy atom. The van der Waals surface area contributed by atoms with Crippen molar-refractivity contribution in [2.75, 3.05) is 12.0 Å². The van der Waals surface area contributed by atoms with E-state index in [1.54, 1.807) is 31.2 Å². The summed E-state index contributed by atoms with van der Waals surface area (Å²) in [5, 5.41) is -0.279. The predicted molar refractivity (Wildman–Crippen MR) is 65.3 cm³/mol. The van der Waals surface area contributed by atoms with Crippen molar-refractivity contribution in [1.29, 1.82) is 0 Å². The smallest absolute Gasteiger partial charge is 0.299 e. The molecule has 0 aromatic heterocycles. The molecule has 0 aliphatic carbocycles. The molecule has 0 aliphatic rings. The zero-order valence-electron chi connectivity index (χ0n) is 9.23. The lowest BCUT2D eigenvalue weighted by Crippen LogP contribution is -2.19. The number of hydroxylamine groups is 1. The molecule has 3 N–H and O–H groups in total. The first-order valence-corrected chi connectivity index (χ1v) is 5.72. The van der Waals surface area contributed by atoms with Gasteiger partial charge in [0.25, 0.3) is 0 Å². The van der Waals surface area contributed by atoms with E-state index in [0.717, 1.165) is 22.3 Å². The van der Waals surface area contributed by atoms with Crippen LogP contribution in [-0.2, 0) is 9.63 Å². The monoisotopic (exact) mass is 255 g/mol. The van der Waals surface area contributed by atoms with Crippen LogP contribution in [0.4, 0.5) is 10.5 Å². The molecule has 2 amide bonds. The first-order valence-electron chi connectivity index (χ1n) is 4.91. The Bertz CT molecular complexity index is 370. The van der Waals surface area contributed by atoms with Crippen molar-refractivity contribution in [2.24, 2.45) is 0 Å². The van der Waals surface area contributed by atoms with Crippen LogP contribution < -0.4 is 16.3 Å². The van der Waals surface area contributed by atoms with E-state index in [0.29, 0.717) is 13.0 Å². The van der Waals surface area contributed by atoms with Crippen molar-refractivity contribution in [3.05, 3.63) is 24.3 Å².